The quantitative estimate of drug-likeness (QED) is 0.824. The molecule has 4 heteroatoms. The number of benzene rings is 1. The molecule has 1 N–H and O–H groups in total. The Morgan fingerprint density at radius 3 is 2.28 bits per heavy atom. The first-order chi connectivity index (χ1) is 8.48. The van der Waals surface area contributed by atoms with Gasteiger partial charge in [0.1, 0.15) is 0 Å². The second-order valence-electron chi connectivity index (χ2n) is 4.42. The molecule has 0 atom stereocenters. The van der Waals surface area contributed by atoms with Crippen LogP contribution in [0.15, 0.2) is 22.7 Å². The Kier molecular flexibility index (Phi) is 5.67. The minimum Gasteiger partial charge on any atom is -0.347 e. The predicted molar refractivity (Wildman–Crippen MR) is 80.2 cm³/mol. The van der Waals surface area contributed by atoms with Gasteiger partial charge in [-0.3, -0.25) is 4.79 Å². The summed E-state index contributed by atoms with van der Waals surface area (Å²) in [6, 6.07) is 5.21. The summed E-state index contributed by atoms with van der Waals surface area (Å²) in [6.45, 7) is 6.30. The van der Waals surface area contributed by atoms with Gasteiger partial charge in [0.2, 0.25) is 0 Å². The molecule has 0 fully saturated rings. The van der Waals surface area contributed by atoms with Crippen molar-refractivity contribution >= 4 is 33.4 Å². The van der Waals surface area contributed by atoms with E-state index < -0.39 is 0 Å². The van der Waals surface area contributed by atoms with Crippen molar-refractivity contribution in [2.75, 3.05) is 0 Å². The Morgan fingerprint density at radius 2 is 1.83 bits per heavy atom. The highest BCUT2D eigenvalue weighted by Crippen LogP contribution is 2.24. The lowest BCUT2D eigenvalue weighted by molar-refractivity contribution is 0.0887. The maximum absolute atomic E-state index is 12.3. The zero-order valence-corrected chi connectivity index (χ0v) is 13.4. The van der Waals surface area contributed by atoms with E-state index in [1.165, 1.54) is 0 Å². The summed E-state index contributed by atoms with van der Waals surface area (Å²) in [6.07, 6.45) is 2.78. The smallest absolute Gasteiger partial charge is 0.252 e. The van der Waals surface area contributed by atoms with Crippen molar-refractivity contribution in [3.63, 3.8) is 0 Å². The van der Waals surface area contributed by atoms with E-state index in [1.807, 2.05) is 0 Å². The standard InChI is InChI=1S/C14H19BrClNO/c1-4-14(5-2,6-3)17-13(18)11-8-7-10(16)9-12(11)15/h7-9H,4-6H2,1-3H3,(H,17,18). The summed E-state index contributed by atoms with van der Waals surface area (Å²) in [5, 5.41) is 3.76. The van der Waals surface area contributed by atoms with Crippen molar-refractivity contribution in [2.24, 2.45) is 0 Å². The Morgan fingerprint density at radius 1 is 1.28 bits per heavy atom. The number of hydrogen-bond acceptors (Lipinski definition) is 1. The fraction of sp³-hybridized carbons (Fsp3) is 0.500. The van der Waals surface area contributed by atoms with Crippen molar-refractivity contribution in [3.05, 3.63) is 33.3 Å². The Hall–Kier alpha value is -0.540. The zero-order chi connectivity index (χ0) is 13.8. The van der Waals surface area contributed by atoms with E-state index >= 15 is 0 Å². The van der Waals surface area contributed by atoms with Crippen LogP contribution in [-0.2, 0) is 0 Å². The van der Waals surface area contributed by atoms with Gasteiger partial charge in [0.05, 0.1) is 5.56 Å². The maximum atomic E-state index is 12.3. The van der Waals surface area contributed by atoms with Crippen LogP contribution in [0.2, 0.25) is 5.02 Å². The van der Waals surface area contributed by atoms with Crippen molar-refractivity contribution in [1.29, 1.82) is 0 Å². The van der Waals surface area contributed by atoms with Crippen LogP contribution in [0.1, 0.15) is 50.4 Å². The van der Waals surface area contributed by atoms with Crippen LogP contribution in [0.5, 0.6) is 0 Å². The SMILES string of the molecule is CCC(CC)(CC)NC(=O)c1ccc(Cl)cc1Br. The molecule has 2 nitrogen and oxygen atoms in total. The Bertz CT molecular complexity index is 422. The van der Waals surface area contributed by atoms with E-state index in [-0.39, 0.29) is 11.4 Å². The van der Waals surface area contributed by atoms with Crippen molar-refractivity contribution < 1.29 is 4.79 Å². The fourth-order valence-electron chi connectivity index (χ4n) is 2.00. The summed E-state index contributed by atoms with van der Waals surface area (Å²) >= 11 is 9.25. The molecule has 0 aliphatic carbocycles. The van der Waals surface area contributed by atoms with Crippen LogP contribution in [0.3, 0.4) is 0 Å². The lowest BCUT2D eigenvalue weighted by Crippen LogP contribution is -2.47. The fourth-order valence-corrected chi connectivity index (χ4v) is 2.86. The molecule has 1 rings (SSSR count). The molecular weight excluding hydrogens is 314 g/mol. The second-order valence-corrected chi connectivity index (χ2v) is 5.71. The average molecular weight is 333 g/mol. The number of halogens is 2. The van der Waals surface area contributed by atoms with E-state index in [4.69, 9.17) is 11.6 Å². The topological polar surface area (TPSA) is 29.1 Å². The summed E-state index contributed by atoms with van der Waals surface area (Å²) < 4.78 is 0.727. The van der Waals surface area contributed by atoms with Gasteiger partial charge >= 0.3 is 0 Å². The minimum absolute atomic E-state index is 0.0518. The van der Waals surface area contributed by atoms with Crippen LogP contribution in [0.4, 0.5) is 0 Å². The van der Waals surface area contributed by atoms with E-state index in [2.05, 4.69) is 42.0 Å². The lowest BCUT2D eigenvalue weighted by Gasteiger charge is -2.32. The lowest BCUT2D eigenvalue weighted by atomic mass is 9.89. The molecule has 0 aliphatic heterocycles. The number of amides is 1. The van der Waals surface area contributed by atoms with Gasteiger partial charge < -0.3 is 5.32 Å². The van der Waals surface area contributed by atoms with E-state index in [0.717, 1.165) is 23.7 Å². The van der Waals surface area contributed by atoms with Gasteiger partial charge in [-0.05, 0) is 53.4 Å². The third kappa shape index (κ3) is 3.48. The first-order valence-corrected chi connectivity index (χ1v) is 7.42. The third-order valence-electron chi connectivity index (χ3n) is 3.58. The third-order valence-corrected chi connectivity index (χ3v) is 4.48. The first-order valence-electron chi connectivity index (χ1n) is 6.25. The van der Waals surface area contributed by atoms with Gasteiger partial charge in [0.25, 0.3) is 5.91 Å². The molecule has 1 amide bonds. The molecule has 0 radical (unpaired) electrons. The number of rotatable bonds is 5. The summed E-state index contributed by atoms with van der Waals surface area (Å²) in [4.78, 5) is 12.3. The van der Waals surface area contributed by atoms with Crippen molar-refractivity contribution in [1.82, 2.24) is 5.32 Å². The molecular formula is C14H19BrClNO. The highest BCUT2D eigenvalue weighted by molar-refractivity contribution is 9.10. The summed E-state index contributed by atoms with van der Waals surface area (Å²) in [7, 11) is 0. The molecule has 0 saturated carbocycles. The van der Waals surface area contributed by atoms with Gasteiger partial charge in [0, 0.05) is 15.0 Å². The monoisotopic (exact) mass is 331 g/mol. The van der Waals surface area contributed by atoms with Crippen LogP contribution >= 0.6 is 27.5 Å². The van der Waals surface area contributed by atoms with Gasteiger partial charge in [-0.1, -0.05) is 32.4 Å². The molecule has 0 heterocycles. The summed E-state index contributed by atoms with van der Waals surface area (Å²) in [5.41, 5.74) is 0.509. The molecule has 100 valence electrons. The summed E-state index contributed by atoms with van der Waals surface area (Å²) in [5.74, 6) is -0.0518. The maximum Gasteiger partial charge on any atom is 0.252 e. The molecule has 0 spiro atoms. The molecule has 1 aromatic carbocycles. The van der Waals surface area contributed by atoms with E-state index in [1.54, 1.807) is 18.2 Å². The minimum atomic E-state index is -0.115. The number of carbonyl (C=O) groups excluding carboxylic acids is 1. The van der Waals surface area contributed by atoms with Gasteiger partial charge in [0.15, 0.2) is 0 Å². The van der Waals surface area contributed by atoms with Crippen molar-refractivity contribution in [2.45, 2.75) is 45.6 Å². The average Bonchev–Trinajstić information content (AvgIpc) is 2.36. The normalized spacial score (nSPS) is 11.4. The second kappa shape index (κ2) is 6.58. The van der Waals surface area contributed by atoms with Gasteiger partial charge in [-0.15, -0.1) is 0 Å². The molecule has 0 bridgehead atoms. The highest BCUT2D eigenvalue weighted by Gasteiger charge is 2.26. The molecule has 0 unspecified atom stereocenters. The van der Waals surface area contributed by atoms with Gasteiger partial charge in [-0.25, -0.2) is 0 Å². The molecule has 0 aromatic heterocycles. The van der Waals surface area contributed by atoms with Crippen LogP contribution in [0.25, 0.3) is 0 Å². The molecule has 0 aliphatic rings. The number of carbonyl (C=O) groups is 1. The van der Waals surface area contributed by atoms with Crippen LogP contribution in [-0.4, -0.2) is 11.4 Å². The largest absolute Gasteiger partial charge is 0.347 e. The first kappa shape index (κ1) is 15.5. The van der Waals surface area contributed by atoms with E-state index in [9.17, 15) is 4.79 Å². The van der Waals surface area contributed by atoms with Crippen molar-refractivity contribution in [3.8, 4) is 0 Å². The molecule has 0 saturated heterocycles. The van der Waals surface area contributed by atoms with Gasteiger partial charge in [-0.2, -0.15) is 0 Å². The Labute approximate surface area is 122 Å². The predicted octanol–water partition coefficient (Wildman–Crippen LogP) is 4.80. The molecule has 1 aromatic rings. The molecule has 18 heavy (non-hydrogen) atoms. The number of nitrogens with one attached hydrogen (secondary N) is 1. The highest BCUT2D eigenvalue weighted by atomic mass is 79.9. The Balaban J connectivity index is 2.94. The van der Waals surface area contributed by atoms with Crippen LogP contribution in [0, 0.1) is 0 Å². The zero-order valence-electron chi connectivity index (χ0n) is 11.0. The van der Waals surface area contributed by atoms with Crippen LogP contribution < -0.4 is 5.32 Å². The number of hydrogen-bond donors (Lipinski definition) is 1. The van der Waals surface area contributed by atoms with E-state index in [0.29, 0.717) is 10.6 Å².